The quantitative estimate of drug-likeness (QED) is 0.326. The van der Waals surface area contributed by atoms with E-state index in [1.165, 1.54) is 21.5 Å². The molecule has 0 saturated heterocycles. The van der Waals surface area contributed by atoms with Crippen molar-refractivity contribution in [2.45, 2.75) is 9.79 Å². The van der Waals surface area contributed by atoms with E-state index in [2.05, 4.69) is 36.4 Å². The predicted molar refractivity (Wildman–Crippen MR) is 110 cm³/mol. The van der Waals surface area contributed by atoms with Gasteiger partial charge in [0.05, 0.1) is 10.0 Å². The van der Waals surface area contributed by atoms with Crippen LogP contribution in [0.3, 0.4) is 0 Å². The maximum Gasteiger partial charge on any atom is 0.0557 e. The van der Waals surface area contributed by atoms with Crippen molar-refractivity contribution in [1.29, 1.82) is 0 Å². The van der Waals surface area contributed by atoms with Gasteiger partial charge in [0, 0.05) is 9.79 Å². The second-order valence-corrected chi connectivity index (χ2v) is 8.33. The Balaban J connectivity index is 1.77. The van der Waals surface area contributed by atoms with Crippen molar-refractivity contribution in [3.63, 3.8) is 0 Å². The number of hydrogen-bond donors (Lipinski definition) is 0. The molecule has 0 unspecified atom stereocenters. The van der Waals surface area contributed by atoms with Crippen LogP contribution in [0.2, 0.25) is 10.0 Å². The van der Waals surface area contributed by atoms with Crippen LogP contribution < -0.4 is 0 Å². The molecule has 0 aliphatic carbocycles. The van der Waals surface area contributed by atoms with Crippen molar-refractivity contribution in [3.8, 4) is 0 Å². The molecule has 0 aliphatic heterocycles. The molecule has 0 atom stereocenters. The molecule has 0 N–H and O–H groups in total. The number of fused-ring (bicyclic) bond motifs is 2. The first-order valence-corrected chi connectivity index (χ1v) is 10.3. The van der Waals surface area contributed by atoms with E-state index in [1.807, 2.05) is 36.4 Å². The first kappa shape index (κ1) is 16.2. The van der Waals surface area contributed by atoms with Crippen molar-refractivity contribution in [1.82, 2.24) is 0 Å². The van der Waals surface area contributed by atoms with Gasteiger partial charge in [-0.1, -0.05) is 105 Å². The zero-order valence-corrected chi connectivity index (χ0v) is 15.6. The van der Waals surface area contributed by atoms with Crippen LogP contribution in [0.4, 0.5) is 0 Å². The zero-order chi connectivity index (χ0) is 16.5. The lowest BCUT2D eigenvalue weighted by molar-refractivity contribution is 1.54. The minimum absolute atomic E-state index is 0.766. The molecule has 0 aromatic heterocycles. The van der Waals surface area contributed by atoms with Gasteiger partial charge < -0.3 is 0 Å². The molecule has 0 amide bonds. The van der Waals surface area contributed by atoms with E-state index in [9.17, 15) is 0 Å². The van der Waals surface area contributed by atoms with Crippen molar-refractivity contribution >= 4 is 66.3 Å². The minimum atomic E-state index is 0.766. The first-order chi connectivity index (χ1) is 11.7. The Morgan fingerprint density at radius 2 is 0.917 bits per heavy atom. The fourth-order valence-electron chi connectivity index (χ4n) is 2.69. The molecule has 0 heterocycles. The summed E-state index contributed by atoms with van der Waals surface area (Å²) in [5.41, 5.74) is 0. The Hall–Kier alpha value is -1.32. The highest BCUT2D eigenvalue weighted by atomic mass is 35.5. The van der Waals surface area contributed by atoms with E-state index in [0.29, 0.717) is 0 Å². The van der Waals surface area contributed by atoms with E-state index in [-0.39, 0.29) is 0 Å². The van der Waals surface area contributed by atoms with E-state index in [1.54, 1.807) is 21.6 Å². The number of halogens is 2. The van der Waals surface area contributed by atoms with Crippen LogP contribution >= 0.6 is 44.8 Å². The molecule has 4 heteroatoms. The smallest absolute Gasteiger partial charge is 0.0557 e. The Morgan fingerprint density at radius 3 is 1.38 bits per heavy atom. The average Bonchev–Trinajstić information content (AvgIpc) is 2.62. The number of hydrogen-bond acceptors (Lipinski definition) is 2. The van der Waals surface area contributed by atoms with Crippen LogP contribution in [-0.4, -0.2) is 0 Å². The van der Waals surface area contributed by atoms with Gasteiger partial charge in [-0.3, -0.25) is 0 Å². The summed E-state index contributed by atoms with van der Waals surface area (Å²) < 4.78 is 0. The summed E-state index contributed by atoms with van der Waals surface area (Å²) in [7, 11) is 3.32. The summed E-state index contributed by atoms with van der Waals surface area (Å²) in [5, 5.41) is 6.24. The summed E-state index contributed by atoms with van der Waals surface area (Å²) in [5.74, 6) is 0. The van der Waals surface area contributed by atoms with Crippen LogP contribution in [0.15, 0.2) is 82.6 Å². The zero-order valence-electron chi connectivity index (χ0n) is 12.5. The Labute approximate surface area is 158 Å². The van der Waals surface area contributed by atoms with Gasteiger partial charge >= 0.3 is 0 Å². The molecule has 0 aliphatic rings. The second-order valence-electron chi connectivity index (χ2n) is 5.36. The fraction of sp³-hybridized carbons (Fsp3) is 0. The van der Waals surface area contributed by atoms with Crippen LogP contribution in [0.1, 0.15) is 0 Å². The Morgan fingerprint density at radius 1 is 0.500 bits per heavy atom. The van der Waals surface area contributed by atoms with Gasteiger partial charge in [0.25, 0.3) is 0 Å². The lowest BCUT2D eigenvalue weighted by Gasteiger charge is -2.11. The van der Waals surface area contributed by atoms with Gasteiger partial charge in [-0.15, -0.1) is 0 Å². The Bertz CT molecular complexity index is 959. The normalized spacial score (nSPS) is 11.2. The first-order valence-electron chi connectivity index (χ1n) is 7.43. The Kier molecular flexibility index (Phi) is 4.64. The summed E-state index contributed by atoms with van der Waals surface area (Å²) in [4.78, 5) is 2.15. The fourth-order valence-corrected chi connectivity index (χ4v) is 6.11. The summed E-state index contributed by atoms with van der Waals surface area (Å²) in [6, 6.07) is 24.6. The third-order valence-electron chi connectivity index (χ3n) is 3.87. The third kappa shape index (κ3) is 3.00. The molecule has 4 aromatic carbocycles. The highest BCUT2D eigenvalue weighted by molar-refractivity contribution is 8.76. The van der Waals surface area contributed by atoms with Gasteiger partial charge in [-0.05, 0) is 33.7 Å². The predicted octanol–water partition coefficient (Wildman–Crippen LogP) is 8.10. The molecular formula is C20H12Cl2S2. The maximum atomic E-state index is 6.46. The van der Waals surface area contributed by atoms with Gasteiger partial charge in [0.15, 0.2) is 0 Å². The van der Waals surface area contributed by atoms with Crippen LogP contribution in [0, 0.1) is 0 Å². The van der Waals surface area contributed by atoms with Crippen molar-refractivity contribution in [2.24, 2.45) is 0 Å². The van der Waals surface area contributed by atoms with Gasteiger partial charge in [0.2, 0.25) is 0 Å². The van der Waals surface area contributed by atoms with Gasteiger partial charge in [-0.2, -0.15) is 0 Å². The molecular weight excluding hydrogens is 375 g/mol. The van der Waals surface area contributed by atoms with Crippen LogP contribution in [-0.2, 0) is 0 Å². The average molecular weight is 387 g/mol. The highest BCUT2D eigenvalue weighted by Crippen LogP contribution is 2.48. The van der Waals surface area contributed by atoms with Crippen molar-refractivity contribution < 1.29 is 0 Å². The SMILES string of the molecule is Clc1ccc2ccccc2c1SSc1c(Cl)ccc2ccccc12. The van der Waals surface area contributed by atoms with E-state index < -0.39 is 0 Å². The molecule has 0 fully saturated rings. The van der Waals surface area contributed by atoms with Crippen molar-refractivity contribution in [2.75, 3.05) is 0 Å². The lowest BCUT2D eigenvalue weighted by atomic mass is 10.1. The summed E-state index contributed by atoms with van der Waals surface area (Å²) >= 11 is 12.9. The van der Waals surface area contributed by atoms with E-state index in [4.69, 9.17) is 23.2 Å². The molecule has 0 nitrogen and oxygen atoms in total. The lowest BCUT2D eigenvalue weighted by Crippen LogP contribution is -1.80. The highest BCUT2D eigenvalue weighted by Gasteiger charge is 2.12. The molecule has 4 aromatic rings. The third-order valence-corrected chi connectivity index (χ3v) is 7.27. The van der Waals surface area contributed by atoms with E-state index >= 15 is 0 Å². The summed E-state index contributed by atoms with van der Waals surface area (Å²) in [6.45, 7) is 0. The van der Waals surface area contributed by atoms with Gasteiger partial charge in [-0.25, -0.2) is 0 Å². The topological polar surface area (TPSA) is 0 Å². The molecule has 0 bridgehead atoms. The molecule has 0 saturated carbocycles. The molecule has 24 heavy (non-hydrogen) atoms. The molecule has 0 radical (unpaired) electrons. The molecule has 4 rings (SSSR count). The second kappa shape index (κ2) is 6.89. The monoisotopic (exact) mass is 386 g/mol. The molecule has 118 valence electrons. The minimum Gasteiger partial charge on any atom is -0.0831 e. The summed E-state index contributed by atoms with van der Waals surface area (Å²) in [6.07, 6.45) is 0. The maximum absolute atomic E-state index is 6.46. The molecule has 0 spiro atoms. The standard InChI is InChI=1S/C20H12Cl2S2/c21-17-11-9-13-5-1-3-7-15(13)19(17)23-24-20-16-8-4-2-6-14(16)10-12-18(20)22/h1-12H. The number of rotatable bonds is 3. The van der Waals surface area contributed by atoms with E-state index in [0.717, 1.165) is 19.8 Å². The van der Waals surface area contributed by atoms with Crippen LogP contribution in [0.5, 0.6) is 0 Å². The van der Waals surface area contributed by atoms with Gasteiger partial charge in [0.1, 0.15) is 0 Å². The largest absolute Gasteiger partial charge is 0.0831 e. The number of benzene rings is 4. The van der Waals surface area contributed by atoms with Crippen molar-refractivity contribution in [3.05, 3.63) is 82.8 Å². The van der Waals surface area contributed by atoms with Crippen LogP contribution in [0.25, 0.3) is 21.5 Å².